The van der Waals surface area contributed by atoms with Gasteiger partial charge in [0.25, 0.3) is 0 Å². The van der Waals surface area contributed by atoms with Gasteiger partial charge in [0.15, 0.2) is 0 Å². The molecule has 1 spiro atoms. The Balaban J connectivity index is 1.45. The van der Waals surface area contributed by atoms with Crippen molar-refractivity contribution in [3.8, 4) is 17.3 Å². The molecule has 4 rings (SSSR count). The largest absolute Gasteiger partial charge is 0.477 e. The summed E-state index contributed by atoms with van der Waals surface area (Å²) in [7, 11) is 0. The molecule has 1 aliphatic heterocycles. The third kappa shape index (κ3) is 3.75. The fourth-order valence-corrected chi connectivity index (χ4v) is 4.59. The average Bonchev–Trinajstić information content (AvgIpc) is 3.11. The van der Waals surface area contributed by atoms with Crippen LogP contribution in [0.2, 0.25) is 0 Å². The molecule has 1 saturated carbocycles. The summed E-state index contributed by atoms with van der Waals surface area (Å²) in [6.07, 6.45) is 11.3. The van der Waals surface area contributed by atoms with Crippen molar-refractivity contribution in [2.45, 2.75) is 58.4 Å². The molecule has 140 valence electrons. The van der Waals surface area contributed by atoms with Crippen LogP contribution in [0, 0.1) is 5.41 Å². The number of nitrogens with zero attached hydrogens (tertiary/aromatic N) is 4. The lowest BCUT2D eigenvalue weighted by atomic mass is 9.69. The predicted octanol–water partition coefficient (Wildman–Crippen LogP) is 4.08. The highest BCUT2D eigenvalue weighted by Gasteiger charge is 2.36. The molecule has 2 aromatic heterocycles. The first-order valence-corrected chi connectivity index (χ1v) is 9.91. The molecule has 3 heterocycles. The summed E-state index contributed by atoms with van der Waals surface area (Å²) in [4.78, 5) is 11.4. The van der Waals surface area contributed by atoms with Gasteiger partial charge in [-0.25, -0.2) is 4.98 Å². The molecule has 0 aromatic carbocycles. The van der Waals surface area contributed by atoms with E-state index in [0.29, 0.717) is 29.6 Å². The first-order chi connectivity index (χ1) is 12.8. The van der Waals surface area contributed by atoms with Crippen molar-refractivity contribution in [3.05, 3.63) is 24.2 Å². The van der Waals surface area contributed by atoms with Gasteiger partial charge in [-0.05, 0) is 56.7 Å². The minimum atomic E-state index is 0.533. The monoisotopic (exact) mass is 356 g/mol. The van der Waals surface area contributed by atoms with E-state index >= 15 is 0 Å². The van der Waals surface area contributed by atoms with Crippen molar-refractivity contribution < 1.29 is 9.26 Å². The Labute approximate surface area is 154 Å². The van der Waals surface area contributed by atoms with Crippen LogP contribution in [0.25, 0.3) is 11.4 Å². The molecule has 6 heteroatoms. The zero-order chi connectivity index (χ0) is 17.8. The molecule has 0 bridgehead atoms. The number of aromatic nitrogens is 3. The molecular formula is C20H28N4O2. The van der Waals surface area contributed by atoms with E-state index in [1.165, 1.54) is 51.5 Å². The SMILES string of the molecule is CCOc1ncccc1-c1noc(CN2CCCC3(CCCCC3)C2)n1. The van der Waals surface area contributed by atoms with Gasteiger partial charge in [-0.3, -0.25) is 4.90 Å². The van der Waals surface area contributed by atoms with Crippen molar-refractivity contribution in [3.63, 3.8) is 0 Å². The summed E-state index contributed by atoms with van der Waals surface area (Å²) in [5, 5.41) is 4.17. The molecule has 6 nitrogen and oxygen atoms in total. The van der Waals surface area contributed by atoms with E-state index in [0.717, 1.165) is 18.7 Å². The van der Waals surface area contributed by atoms with Crippen LogP contribution in [0.1, 0.15) is 57.8 Å². The Kier molecular flexibility index (Phi) is 5.20. The summed E-state index contributed by atoms with van der Waals surface area (Å²) >= 11 is 0. The normalized spacial score (nSPS) is 20.3. The number of ether oxygens (including phenoxy) is 1. The summed E-state index contributed by atoms with van der Waals surface area (Å²) in [6.45, 7) is 5.53. The van der Waals surface area contributed by atoms with Gasteiger partial charge in [0.1, 0.15) is 0 Å². The summed E-state index contributed by atoms with van der Waals surface area (Å²) in [5.74, 6) is 1.79. The number of likely N-dealkylation sites (tertiary alicyclic amines) is 1. The second-order valence-electron chi connectivity index (χ2n) is 7.68. The van der Waals surface area contributed by atoms with Crippen LogP contribution in [0.15, 0.2) is 22.9 Å². The average molecular weight is 356 g/mol. The van der Waals surface area contributed by atoms with Gasteiger partial charge < -0.3 is 9.26 Å². The van der Waals surface area contributed by atoms with Crippen LogP contribution < -0.4 is 4.74 Å². The number of pyridine rings is 1. The zero-order valence-corrected chi connectivity index (χ0v) is 15.6. The molecule has 0 unspecified atom stereocenters. The molecular weight excluding hydrogens is 328 g/mol. The van der Waals surface area contributed by atoms with Crippen LogP contribution in [0.4, 0.5) is 0 Å². The molecule has 2 aromatic rings. The van der Waals surface area contributed by atoms with E-state index < -0.39 is 0 Å². The minimum Gasteiger partial charge on any atom is -0.477 e. The summed E-state index contributed by atoms with van der Waals surface area (Å²) in [5.41, 5.74) is 1.32. The van der Waals surface area contributed by atoms with Crippen LogP contribution in [-0.4, -0.2) is 39.7 Å². The molecule has 2 aliphatic rings. The van der Waals surface area contributed by atoms with Gasteiger partial charge in [-0.2, -0.15) is 4.98 Å². The fraction of sp³-hybridized carbons (Fsp3) is 0.650. The third-order valence-electron chi connectivity index (χ3n) is 5.77. The topological polar surface area (TPSA) is 64.3 Å². The molecule has 2 fully saturated rings. The molecule has 1 aliphatic carbocycles. The van der Waals surface area contributed by atoms with E-state index in [-0.39, 0.29) is 0 Å². The van der Waals surface area contributed by atoms with Crippen LogP contribution >= 0.6 is 0 Å². The van der Waals surface area contributed by atoms with Gasteiger partial charge in [-0.15, -0.1) is 0 Å². The second kappa shape index (κ2) is 7.74. The Hall–Kier alpha value is -1.95. The number of hydrogen-bond acceptors (Lipinski definition) is 6. The van der Waals surface area contributed by atoms with Gasteiger partial charge in [0, 0.05) is 12.7 Å². The summed E-state index contributed by atoms with van der Waals surface area (Å²) < 4.78 is 11.1. The van der Waals surface area contributed by atoms with E-state index in [4.69, 9.17) is 9.26 Å². The quantitative estimate of drug-likeness (QED) is 0.804. The maximum Gasteiger partial charge on any atom is 0.241 e. The minimum absolute atomic E-state index is 0.533. The number of piperidine rings is 1. The van der Waals surface area contributed by atoms with E-state index in [1.54, 1.807) is 6.20 Å². The van der Waals surface area contributed by atoms with Gasteiger partial charge in [-0.1, -0.05) is 24.4 Å². The molecule has 0 atom stereocenters. The molecule has 0 radical (unpaired) electrons. The smallest absolute Gasteiger partial charge is 0.241 e. The maximum atomic E-state index is 5.58. The highest BCUT2D eigenvalue weighted by atomic mass is 16.5. The first kappa shape index (κ1) is 17.5. The van der Waals surface area contributed by atoms with E-state index in [2.05, 4.69) is 20.0 Å². The van der Waals surface area contributed by atoms with Crippen LogP contribution in [0.5, 0.6) is 5.88 Å². The lowest BCUT2D eigenvalue weighted by Crippen LogP contribution is -2.43. The van der Waals surface area contributed by atoms with Crippen molar-refractivity contribution >= 4 is 0 Å². The second-order valence-corrected chi connectivity index (χ2v) is 7.68. The molecule has 0 N–H and O–H groups in total. The van der Waals surface area contributed by atoms with Gasteiger partial charge in [0.2, 0.25) is 17.6 Å². The number of rotatable bonds is 5. The Morgan fingerprint density at radius 1 is 1.19 bits per heavy atom. The highest BCUT2D eigenvalue weighted by Crippen LogP contribution is 2.43. The Bertz CT molecular complexity index is 719. The number of hydrogen-bond donors (Lipinski definition) is 0. The third-order valence-corrected chi connectivity index (χ3v) is 5.77. The standard InChI is InChI=1S/C20H28N4O2/c1-2-25-19-16(8-6-12-21-19)18-22-17(26-23-18)14-24-13-7-11-20(15-24)9-4-3-5-10-20/h6,8,12H,2-5,7,9-11,13-15H2,1H3. The van der Waals surface area contributed by atoms with Crippen molar-refractivity contribution in [2.75, 3.05) is 19.7 Å². The fourth-order valence-electron chi connectivity index (χ4n) is 4.59. The first-order valence-electron chi connectivity index (χ1n) is 9.91. The highest BCUT2D eigenvalue weighted by molar-refractivity contribution is 5.60. The molecule has 0 amide bonds. The molecule has 1 saturated heterocycles. The van der Waals surface area contributed by atoms with Gasteiger partial charge >= 0.3 is 0 Å². The van der Waals surface area contributed by atoms with Crippen LogP contribution in [-0.2, 0) is 6.54 Å². The van der Waals surface area contributed by atoms with Crippen molar-refractivity contribution in [1.82, 2.24) is 20.0 Å². The van der Waals surface area contributed by atoms with E-state index in [1.807, 2.05) is 19.1 Å². The predicted molar refractivity (Wildman–Crippen MR) is 98.7 cm³/mol. The van der Waals surface area contributed by atoms with Gasteiger partial charge in [0.05, 0.1) is 18.7 Å². The Morgan fingerprint density at radius 2 is 2.04 bits per heavy atom. The lowest BCUT2D eigenvalue weighted by Gasteiger charge is -2.45. The van der Waals surface area contributed by atoms with Crippen LogP contribution in [0.3, 0.4) is 0 Å². The van der Waals surface area contributed by atoms with E-state index in [9.17, 15) is 0 Å². The maximum absolute atomic E-state index is 5.58. The Morgan fingerprint density at radius 3 is 2.88 bits per heavy atom. The lowest BCUT2D eigenvalue weighted by molar-refractivity contribution is 0.0438. The zero-order valence-electron chi connectivity index (χ0n) is 15.6. The van der Waals surface area contributed by atoms with Crippen molar-refractivity contribution in [2.24, 2.45) is 5.41 Å². The van der Waals surface area contributed by atoms with Crippen molar-refractivity contribution in [1.29, 1.82) is 0 Å². The summed E-state index contributed by atoms with van der Waals surface area (Å²) in [6, 6.07) is 3.79. The molecule has 26 heavy (non-hydrogen) atoms.